The number of rotatable bonds is 3. The van der Waals surface area contributed by atoms with Gasteiger partial charge >= 0.3 is 0 Å². The zero-order valence-electron chi connectivity index (χ0n) is 9.66. The summed E-state index contributed by atoms with van der Waals surface area (Å²) >= 11 is 0. The molecule has 0 amide bonds. The summed E-state index contributed by atoms with van der Waals surface area (Å²) in [6.07, 6.45) is 2.44. The minimum absolute atomic E-state index is 0.562. The van der Waals surface area contributed by atoms with Crippen molar-refractivity contribution >= 4 is 0 Å². The number of aromatic nitrogens is 1. The first-order valence-electron chi connectivity index (χ1n) is 5.43. The van der Waals surface area contributed by atoms with Crippen molar-refractivity contribution in [3.05, 3.63) is 41.4 Å². The average molecular weight is 216 g/mol. The number of nitrogens with zero attached hydrogens (tertiary/aromatic N) is 1. The van der Waals surface area contributed by atoms with E-state index in [9.17, 15) is 0 Å². The van der Waals surface area contributed by atoms with Gasteiger partial charge in [-0.1, -0.05) is 12.1 Å². The molecule has 0 bridgehead atoms. The molecule has 2 rings (SSSR count). The van der Waals surface area contributed by atoms with Crippen LogP contribution in [-0.4, -0.2) is 11.5 Å². The Hall–Kier alpha value is -1.61. The highest BCUT2D eigenvalue weighted by atomic mass is 16.4. The summed E-state index contributed by atoms with van der Waals surface area (Å²) in [6.45, 7) is 4.75. The molecule has 2 N–H and O–H groups in total. The summed E-state index contributed by atoms with van der Waals surface area (Å²) in [5.41, 5.74) is 9.06. The van der Waals surface area contributed by atoms with Gasteiger partial charge in [-0.25, -0.2) is 4.98 Å². The van der Waals surface area contributed by atoms with E-state index in [0.717, 1.165) is 11.3 Å². The Balaban J connectivity index is 2.31. The van der Waals surface area contributed by atoms with Crippen molar-refractivity contribution in [1.29, 1.82) is 0 Å². The minimum Gasteiger partial charge on any atom is -0.441 e. The van der Waals surface area contributed by atoms with Crippen LogP contribution < -0.4 is 5.73 Å². The third-order valence-corrected chi connectivity index (χ3v) is 2.70. The Kier molecular flexibility index (Phi) is 3.06. The Morgan fingerprint density at radius 2 is 2.06 bits per heavy atom. The number of aryl methyl sites for hydroxylation is 2. The van der Waals surface area contributed by atoms with Crippen molar-refractivity contribution in [1.82, 2.24) is 4.98 Å². The summed E-state index contributed by atoms with van der Waals surface area (Å²) in [6, 6.07) is 6.26. The van der Waals surface area contributed by atoms with Crippen molar-refractivity contribution in [2.45, 2.75) is 20.3 Å². The van der Waals surface area contributed by atoms with Crippen LogP contribution in [0, 0.1) is 13.8 Å². The second-order valence-electron chi connectivity index (χ2n) is 3.96. The van der Waals surface area contributed by atoms with E-state index in [1.165, 1.54) is 11.1 Å². The standard InChI is InChI=1S/C13H16N2O/c1-9-3-4-11(7-10(9)2)12-8-15-13(16-12)5-6-14/h3-4,7-8H,5-6,14H2,1-2H3. The zero-order valence-corrected chi connectivity index (χ0v) is 9.66. The summed E-state index contributed by atoms with van der Waals surface area (Å²) in [5.74, 6) is 1.52. The maximum Gasteiger partial charge on any atom is 0.196 e. The Bertz CT molecular complexity index is 488. The van der Waals surface area contributed by atoms with Crippen LogP contribution in [0.2, 0.25) is 0 Å². The van der Waals surface area contributed by atoms with Crippen LogP contribution in [0.4, 0.5) is 0 Å². The monoisotopic (exact) mass is 216 g/mol. The predicted molar refractivity (Wildman–Crippen MR) is 64.2 cm³/mol. The molecule has 16 heavy (non-hydrogen) atoms. The maximum atomic E-state index is 5.61. The van der Waals surface area contributed by atoms with E-state index in [4.69, 9.17) is 10.2 Å². The highest BCUT2D eigenvalue weighted by molar-refractivity contribution is 5.58. The molecule has 0 saturated carbocycles. The molecule has 0 spiro atoms. The molecule has 0 radical (unpaired) electrons. The Morgan fingerprint density at radius 3 is 2.75 bits per heavy atom. The minimum atomic E-state index is 0.562. The fourth-order valence-electron chi connectivity index (χ4n) is 1.58. The number of hydrogen-bond donors (Lipinski definition) is 1. The van der Waals surface area contributed by atoms with E-state index in [-0.39, 0.29) is 0 Å². The molecular weight excluding hydrogens is 200 g/mol. The lowest BCUT2D eigenvalue weighted by Crippen LogP contribution is -2.02. The first kappa shape index (κ1) is 10.9. The molecule has 0 aliphatic rings. The van der Waals surface area contributed by atoms with Crippen molar-refractivity contribution in [2.24, 2.45) is 5.73 Å². The van der Waals surface area contributed by atoms with Crippen LogP contribution in [0.1, 0.15) is 17.0 Å². The highest BCUT2D eigenvalue weighted by Crippen LogP contribution is 2.22. The molecular formula is C13H16N2O. The lowest BCUT2D eigenvalue weighted by molar-refractivity contribution is 0.508. The van der Waals surface area contributed by atoms with Gasteiger partial charge in [-0.05, 0) is 31.0 Å². The molecule has 1 heterocycles. The molecule has 0 unspecified atom stereocenters. The lowest BCUT2D eigenvalue weighted by Gasteiger charge is -2.01. The number of oxazole rings is 1. The molecule has 0 aliphatic carbocycles. The van der Waals surface area contributed by atoms with E-state index >= 15 is 0 Å². The van der Waals surface area contributed by atoms with Crippen LogP contribution in [0.15, 0.2) is 28.8 Å². The van der Waals surface area contributed by atoms with E-state index in [0.29, 0.717) is 18.9 Å². The fourth-order valence-corrected chi connectivity index (χ4v) is 1.58. The molecule has 3 heteroatoms. The smallest absolute Gasteiger partial charge is 0.196 e. The van der Waals surface area contributed by atoms with E-state index in [2.05, 4.69) is 37.0 Å². The van der Waals surface area contributed by atoms with E-state index in [1.807, 2.05) is 0 Å². The Labute approximate surface area is 95.3 Å². The van der Waals surface area contributed by atoms with Crippen molar-refractivity contribution in [2.75, 3.05) is 6.54 Å². The average Bonchev–Trinajstić information content (AvgIpc) is 2.71. The van der Waals surface area contributed by atoms with Crippen molar-refractivity contribution in [3.63, 3.8) is 0 Å². The van der Waals surface area contributed by atoms with Gasteiger partial charge in [0.25, 0.3) is 0 Å². The molecule has 0 fully saturated rings. The molecule has 1 aromatic carbocycles. The molecule has 0 aliphatic heterocycles. The van der Waals surface area contributed by atoms with Crippen LogP contribution >= 0.6 is 0 Å². The second kappa shape index (κ2) is 4.49. The fraction of sp³-hybridized carbons (Fsp3) is 0.308. The lowest BCUT2D eigenvalue weighted by atomic mass is 10.1. The number of benzene rings is 1. The second-order valence-corrected chi connectivity index (χ2v) is 3.96. The SMILES string of the molecule is Cc1ccc(-c2cnc(CCN)o2)cc1C. The summed E-state index contributed by atoms with van der Waals surface area (Å²) in [5, 5.41) is 0. The zero-order chi connectivity index (χ0) is 11.5. The van der Waals surface area contributed by atoms with Crippen molar-refractivity contribution < 1.29 is 4.42 Å². The molecule has 84 valence electrons. The largest absolute Gasteiger partial charge is 0.441 e. The van der Waals surface area contributed by atoms with Gasteiger partial charge in [0.05, 0.1) is 6.20 Å². The summed E-state index contributed by atoms with van der Waals surface area (Å²) < 4.78 is 5.61. The molecule has 2 aromatic rings. The van der Waals surface area contributed by atoms with Gasteiger partial charge < -0.3 is 10.2 Å². The molecule has 1 aromatic heterocycles. The van der Waals surface area contributed by atoms with Crippen LogP contribution in [-0.2, 0) is 6.42 Å². The quantitative estimate of drug-likeness (QED) is 0.857. The first-order valence-corrected chi connectivity index (χ1v) is 5.43. The van der Waals surface area contributed by atoms with Gasteiger partial charge in [0.15, 0.2) is 11.7 Å². The van der Waals surface area contributed by atoms with Gasteiger partial charge in [-0.15, -0.1) is 0 Å². The summed E-state index contributed by atoms with van der Waals surface area (Å²) in [7, 11) is 0. The van der Waals surface area contributed by atoms with Gasteiger partial charge in [-0.2, -0.15) is 0 Å². The van der Waals surface area contributed by atoms with Gasteiger partial charge in [0, 0.05) is 18.5 Å². The molecule has 3 nitrogen and oxygen atoms in total. The number of nitrogens with two attached hydrogens (primary N) is 1. The predicted octanol–water partition coefficient (Wildman–Crippen LogP) is 2.46. The summed E-state index contributed by atoms with van der Waals surface area (Å²) in [4.78, 5) is 4.19. The van der Waals surface area contributed by atoms with E-state index in [1.54, 1.807) is 6.20 Å². The number of hydrogen-bond acceptors (Lipinski definition) is 3. The Morgan fingerprint density at radius 1 is 1.25 bits per heavy atom. The van der Waals surface area contributed by atoms with Gasteiger partial charge in [0.1, 0.15) is 0 Å². The van der Waals surface area contributed by atoms with Gasteiger partial charge in [-0.3, -0.25) is 0 Å². The molecule has 0 atom stereocenters. The topological polar surface area (TPSA) is 52.0 Å². The maximum absolute atomic E-state index is 5.61. The van der Waals surface area contributed by atoms with Crippen LogP contribution in [0.25, 0.3) is 11.3 Å². The van der Waals surface area contributed by atoms with Crippen LogP contribution in [0.5, 0.6) is 0 Å². The van der Waals surface area contributed by atoms with E-state index < -0.39 is 0 Å². The van der Waals surface area contributed by atoms with Gasteiger partial charge in [0.2, 0.25) is 0 Å². The normalized spacial score (nSPS) is 10.7. The van der Waals surface area contributed by atoms with Crippen LogP contribution in [0.3, 0.4) is 0 Å². The highest BCUT2D eigenvalue weighted by Gasteiger charge is 2.06. The van der Waals surface area contributed by atoms with Crippen molar-refractivity contribution in [3.8, 4) is 11.3 Å². The third-order valence-electron chi connectivity index (χ3n) is 2.70. The molecule has 0 saturated heterocycles. The third kappa shape index (κ3) is 2.14. The first-order chi connectivity index (χ1) is 7.70.